The number of carbonyl (C=O) groups is 1. The molecule has 3 fully saturated rings. The van der Waals surface area contributed by atoms with Crippen LogP contribution in [0.3, 0.4) is 0 Å². The van der Waals surface area contributed by atoms with Crippen LogP contribution in [0.1, 0.15) is 20.3 Å². The Kier molecular flexibility index (Phi) is 1.69. The fourth-order valence-corrected chi connectivity index (χ4v) is 4.15. The molecule has 1 heterocycles. The monoisotopic (exact) mass is 205 g/mol. The van der Waals surface area contributed by atoms with Crippen molar-refractivity contribution in [3.8, 4) is 6.07 Å². The van der Waals surface area contributed by atoms with Gasteiger partial charge < -0.3 is 4.74 Å². The van der Waals surface area contributed by atoms with Crippen LogP contribution in [0.5, 0.6) is 0 Å². The third kappa shape index (κ3) is 0.928. The minimum atomic E-state index is -0.109. The van der Waals surface area contributed by atoms with E-state index in [0.717, 1.165) is 6.42 Å². The summed E-state index contributed by atoms with van der Waals surface area (Å²) in [5.74, 6) is 1.40. The summed E-state index contributed by atoms with van der Waals surface area (Å²) in [6, 6.07) is 2.34. The number of esters is 1. The maximum atomic E-state index is 11.7. The summed E-state index contributed by atoms with van der Waals surface area (Å²) >= 11 is 0. The fourth-order valence-electron chi connectivity index (χ4n) is 4.15. The first-order valence-corrected chi connectivity index (χ1v) is 5.75. The van der Waals surface area contributed by atoms with E-state index in [2.05, 4.69) is 19.9 Å². The molecule has 2 bridgehead atoms. The highest BCUT2D eigenvalue weighted by Crippen LogP contribution is 2.61. The number of carbonyl (C=O) groups excluding carboxylic acids is 1. The number of rotatable bonds is 1. The zero-order valence-corrected chi connectivity index (χ0v) is 9.01. The molecular formula is C12H15NO2. The van der Waals surface area contributed by atoms with Crippen molar-refractivity contribution in [2.75, 3.05) is 0 Å². The highest BCUT2D eigenvalue weighted by molar-refractivity contribution is 5.77. The lowest BCUT2D eigenvalue weighted by atomic mass is 9.71. The third-order valence-corrected chi connectivity index (χ3v) is 4.59. The lowest BCUT2D eigenvalue weighted by Gasteiger charge is -2.31. The van der Waals surface area contributed by atoms with Crippen molar-refractivity contribution in [3.05, 3.63) is 0 Å². The van der Waals surface area contributed by atoms with E-state index in [9.17, 15) is 4.79 Å². The van der Waals surface area contributed by atoms with Crippen LogP contribution in [0.15, 0.2) is 0 Å². The van der Waals surface area contributed by atoms with Crippen molar-refractivity contribution in [3.63, 3.8) is 0 Å². The van der Waals surface area contributed by atoms with Crippen molar-refractivity contribution in [1.82, 2.24) is 0 Å². The second-order valence-electron chi connectivity index (χ2n) is 5.47. The molecule has 15 heavy (non-hydrogen) atoms. The van der Waals surface area contributed by atoms with Gasteiger partial charge in [0.05, 0.1) is 17.9 Å². The Hall–Kier alpha value is -1.04. The molecule has 3 aliphatic rings. The number of nitrogens with zero attached hydrogens (tertiary/aromatic N) is 1. The van der Waals surface area contributed by atoms with Gasteiger partial charge in [-0.1, -0.05) is 13.8 Å². The predicted molar refractivity (Wildman–Crippen MR) is 52.4 cm³/mol. The van der Waals surface area contributed by atoms with Crippen LogP contribution in [0.25, 0.3) is 0 Å². The Morgan fingerprint density at radius 3 is 2.80 bits per heavy atom. The van der Waals surface area contributed by atoms with Gasteiger partial charge in [-0.25, -0.2) is 0 Å². The predicted octanol–water partition coefficient (Wildman–Crippen LogP) is 1.59. The van der Waals surface area contributed by atoms with Crippen molar-refractivity contribution in [1.29, 1.82) is 5.26 Å². The summed E-state index contributed by atoms with van der Waals surface area (Å²) in [4.78, 5) is 11.7. The molecule has 0 N–H and O–H groups in total. The molecule has 3 rings (SSSR count). The number of fused-ring (bicyclic) bond motifs is 1. The van der Waals surface area contributed by atoms with Gasteiger partial charge in [0.15, 0.2) is 0 Å². The van der Waals surface area contributed by atoms with Gasteiger partial charge in [0.25, 0.3) is 0 Å². The van der Waals surface area contributed by atoms with E-state index in [0.29, 0.717) is 23.7 Å². The normalized spacial score (nSPS) is 50.9. The van der Waals surface area contributed by atoms with E-state index in [1.807, 2.05) is 0 Å². The summed E-state index contributed by atoms with van der Waals surface area (Å²) in [7, 11) is 0. The molecule has 0 aromatic rings. The zero-order chi connectivity index (χ0) is 10.7. The van der Waals surface area contributed by atoms with Crippen LogP contribution >= 0.6 is 0 Å². The standard InChI is InChI=1S/C12H15NO2/c1-5(2)9-6-3-7-10(8(6)4-13)12(14)15-11(7)9/h5-11H,3H2,1-2H3. The molecule has 6 atom stereocenters. The Balaban J connectivity index is 2.01. The third-order valence-electron chi connectivity index (χ3n) is 4.59. The van der Waals surface area contributed by atoms with Gasteiger partial charge >= 0.3 is 5.97 Å². The van der Waals surface area contributed by atoms with Crippen LogP contribution in [0.2, 0.25) is 0 Å². The van der Waals surface area contributed by atoms with Gasteiger partial charge in [-0.05, 0) is 18.3 Å². The van der Waals surface area contributed by atoms with Crippen LogP contribution in [0.4, 0.5) is 0 Å². The summed E-state index contributed by atoms with van der Waals surface area (Å²) in [6.07, 6.45) is 1.15. The molecule has 3 heteroatoms. The molecule has 6 unspecified atom stereocenters. The van der Waals surface area contributed by atoms with Gasteiger partial charge in [-0.15, -0.1) is 0 Å². The second-order valence-corrected chi connectivity index (χ2v) is 5.47. The van der Waals surface area contributed by atoms with E-state index >= 15 is 0 Å². The maximum absolute atomic E-state index is 11.7. The molecule has 2 aliphatic carbocycles. The molecule has 1 aliphatic heterocycles. The van der Waals surface area contributed by atoms with Crippen LogP contribution in [-0.4, -0.2) is 12.1 Å². The SMILES string of the molecule is CC(C)C1C2CC3C1OC(=O)C3C2C#N. The molecule has 2 saturated carbocycles. The number of nitriles is 1. The summed E-state index contributed by atoms with van der Waals surface area (Å²) < 4.78 is 5.46. The van der Waals surface area contributed by atoms with Crippen molar-refractivity contribution >= 4 is 5.97 Å². The first-order chi connectivity index (χ1) is 7.15. The Morgan fingerprint density at radius 1 is 1.47 bits per heavy atom. The van der Waals surface area contributed by atoms with E-state index in [-0.39, 0.29) is 23.9 Å². The Labute approximate surface area is 89.4 Å². The van der Waals surface area contributed by atoms with E-state index in [1.165, 1.54) is 0 Å². The smallest absolute Gasteiger partial charge is 0.311 e. The molecule has 1 saturated heterocycles. The largest absolute Gasteiger partial charge is 0.461 e. The maximum Gasteiger partial charge on any atom is 0.311 e. The summed E-state index contributed by atoms with van der Waals surface area (Å²) in [6.45, 7) is 4.34. The van der Waals surface area contributed by atoms with Gasteiger partial charge in [0.2, 0.25) is 0 Å². The lowest BCUT2D eigenvalue weighted by Crippen LogP contribution is -2.35. The molecule has 0 aromatic carbocycles. The molecular weight excluding hydrogens is 190 g/mol. The van der Waals surface area contributed by atoms with Crippen LogP contribution < -0.4 is 0 Å². The average Bonchev–Trinajstić information content (AvgIpc) is 2.74. The number of hydrogen-bond donors (Lipinski definition) is 0. The topological polar surface area (TPSA) is 50.1 Å². The Bertz CT molecular complexity index is 357. The van der Waals surface area contributed by atoms with Crippen molar-refractivity contribution in [2.45, 2.75) is 26.4 Å². The summed E-state index contributed by atoms with van der Waals surface area (Å²) in [5, 5.41) is 9.17. The van der Waals surface area contributed by atoms with Gasteiger partial charge in [0.1, 0.15) is 6.10 Å². The average molecular weight is 205 g/mol. The number of hydrogen-bond acceptors (Lipinski definition) is 3. The molecule has 80 valence electrons. The first kappa shape index (κ1) is 9.21. The summed E-state index contributed by atoms with van der Waals surface area (Å²) in [5.41, 5.74) is 0. The second kappa shape index (κ2) is 2.75. The van der Waals surface area contributed by atoms with Crippen LogP contribution in [-0.2, 0) is 9.53 Å². The quantitative estimate of drug-likeness (QED) is 0.611. The molecule has 3 nitrogen and oxygen atoms in total. The molecule has 0 radical (unpaired) electrons. The first-order valence-electron chi connectivity index (χ1n) is 5.75. The van der Waals surface area contributed by atoms with Gasteiger partial charge in [0, 0.05) is 11.8 Å². The van der Waals surface area contributed by atoms with Gasteiger partial charge in [-0.2, -0.15) is 5.26 Å². The van der Waals surface area contributed by atoms with E-state index < -0.39 is 0 Å². The van der Waals surface area contributed by atoms with E-state index in [4.69, 9.17) is 10.00 Å². The fraction of sp³-hybridized carbons (Fsp3) is 0.833. The zero-order valence-electron chi connectivity index (χ0n) is 9.01. The van der Waals surface area contributed by atoms with Gasteiger partial charge in [-0.3, -0.25) is 4.79 Å². The van der Waals surface area contributed by atoms with E-state index in [1.54, 1.807) is 0 Å². The highest BCUT2D eigenvalue weighted by Gasteiger charge is 2.66. The minimum absolute atomic E-state index is 0.0753. The van der Waals surface area contributed by atoms with Crippen molar-refractivity contribution in [2.24, 2.45) is 35.5 Å². The van der Waals surface area contributed by atoms with Crippen molar-refractivity contribution < 1.29 is 9.53 Å². The Morgan fingerprint density at radius 2 is 2.20 bits per heavy atom. The molecule has 0 spiro atoms. The van der Waals surface area contributed by atoms with Crippen LogP contribution in [0, 0.1) is 46.8 Å². The molecule has 0 amide bonds. The lowest BCUT2D eigenvalue weighted by molar-refractivity contribution is -0.145. The highest BCUT2D eigenvalue weighted by atomic mass is 16.6. The molecule has 0 aromatic heterocycles. The minimum Gasteiger partial charge on any atom is -0.461 e. The number of ether oxygens (including phenoxy) is 1.